The van der Waals surface area contributed by atoms with E-state index in [1.165, 1.54) is 13.8 Å². The van der Waals surface area contributed by atoms with Crippen molar-refractivity contribution in [3.63, 3.8) is 0 Å². The summed E-state index contributed by atoms with van der Waals surface area (Å²) in [6, 6.07) is 0. The molecule has 0 amide bonds. The van der Waals surface area contributed by atoms with E-state index in [4.69, 9.17) is 0 Å². The van der Waals surface area contributed by atoms with Gasteiger partial charge in [-0.05, 0) is 26.3 Å². The third kappa shape index (κ3) is 5.52. The summed E-state index contributed by atoms with van der Waals surface area (Å²) in [5.74, 6) is 2.13. The number of rotatable bonds is 2. The molecule has 0 nitrogen and oxygen atoms in total. The van der Waals surface area contributed by atoms with Gasteiger partial charge in [-0.1, -0.05) is 23.8 Å². The molecule has 0 heterocycles. The fourth-order valence-electron chi connectivity index (χ4n) is 0.511. The van der Waals surface area contributed by atoms with Crippen LogP contribution in [-0.2, 0) is 0 Å². The highest BCUT2D eigenvalue weighted by molar-refractivity contribution is 7.38. The Morgan fingerprint density at radius 3 is 2.56 bits per heavy atom. The monoisotopic (exact) mass is 140 g/mol. The Morgan fingerprint density at radius 1 is 1.44 bits per heavy atom. The molecule has 0 aromatic heterocycles. The minimum absolute atomic E-state index is 1.31. The maximum atomic E-state index is 2.13. The van der Waals surface area contributed by atoms with Crippen molar-refractivity contribution in [2.75, 3.05) is 6.66 Å². The quantitative estimate of drug-likeness (QED) is 0.408. The molecule has 0 aromatic rings. The molecular formula is C8H13P. The number of allylic oxidation sites excluding steroid dienone is 4. The van der Waals surface area contributed by atoms with Crippen molar-refractivity contribution in [3.05, 3.63) is 23.8 Å². The predicted molar refractivity (Wildman–Crippen MR) is 47.5 cm³/mol. The van der Waals surface area contributed by atoms with Gasteiger partial charge in [0.15, 0.2) is 0 Å². The molecule has 0 saturated carbocycles. The van der Waals surface area contributed by atoms with Crippen LogP contribution in [0.5, 0.6) is 0 Å². The SMILES string of the molecule is C\C=C/C(C)=C\C=P/C. The summed E-state index contributed by atoms with van der Waals surface area (Å²) in [6.07, 6.45) is 6.27. The summed E-state index contributed by atoms with van der Waals surface area (Å²) in [7, 11) is 1.32. The van der Waals surface area contributed by atoms with Crippen molar-refractivity contribution in [2.24, 2.45) is 0 Å². The zero-order valence-corrected chi connectivity index (χ0v) is 7.15. The highest BCUT2D eigenvalue weighted by Crippen LogP contribution is 1.93. The van der Waals surface area contributed by atoms with Gasteiger partial charge in [-0.2, -0.15) is 0 Å². The summed E-state index contributed by atoms with van der Waals surface area (Å²) in [5.41, 5.74) is 1.31. The summed E-state index contributed by atoms with van der Waals surface area (Å²) in [6.45, 7) is 6.24. The average molecular weight is 140 g/mol. The van der Waals surface area contributed by atoms with Crippen LogP contribution in [-0.4, -0.2) is 12.5 Å². The second-order valence-electron chi connectivity index (χ2n) is 1.82. The maximum Gasteiger partial charge on any atom is -0.0223 e. The fraction of sp³-hybridized carbons (Fsp3) is 0.375. The Bertz CT molecular complexity index is 141. The predicted octanol–water partition coefficient (Wildman–Crippen LogP) is 2.89. The Morgan fingerprint density at radius 2 is 2.11 bits per heavy atom. The summed E-state index contributed by atoms with van der Waals surface area (Å²) < 4.78 is 0. The van der Waals surface area contributed by atoms with Gasteiger partial charge in [-0.25, -0.2) is 0 Å². The van der Waals surface area contributed by atoms with Crippen LogP contribution >= 0.6 is 8.20 Å². The fourth-order valence-corrected chi connectivity index (χ4v) is 0.895. The molecule has 0 saturated heterocycles. The van der Waals surface area contributed by atoms with Crippen LogP contribution in [0, 0.1) is 0 Å². The standard InChI is InChI=1S/C8H13P/c1-4-5-8(2)6-7-9-3/h4-7H,1-3H3/b5-4-,8-6-. The lowest BCUT2D eigenvalue weighted by Gasteiger charge is -1.83. The molecule has 0 aliphatic carbocycles. The first-order valence-corrected chi connectivity index (χ1v) is 4.44. The Hall–Kier alpha value is -0.350. The van der Waals surface area contributed by atoms with Gasteiger partial charge in [0, 0.05) is 0 Å². The van der Waals surface area contributed by atoms with Crippen LogP contribution in [0.2, 0.25) is 0 Å². The van der Waals surface area contributed by atoms with Crippen molar-refractivity contribution in [3.8, 4) is 0 Å². The molecule has 1 heteroatoms. The topological polar surface area (TPSA) is 0 Å². The van der Waals surface area contributed by atoms with E-state index in [-0.39, 0.29) is 0 Å². The molecule has 9 heavy (non-hydrogen) atoms. The zero-order chi connectivity index (χ0) is 7.11. The van der Waals surface area contributed by atoms with E-state index in [1.54, 1.807) is 0 Å². The average Bonchev–Trinajstić information content (AvgIpc) is 1.85. The second-order valence-corrected chi connectivity index (χ2v) is 2.63. The van der Waals surface area contributed by atoms with Crippen LogP contribution in [0.4, 0.5) is 0 Å². The molecule has 0 unspecified atom stereocenters. The van der Waals surface area contributed by atoms with Gasteiger partial charge in [-0.3, -0.25) is 0 Å². The van der Waals surface area contributed by atoms with E-state index in [1.807, 2.05) is 13.0 Å². The Labute approximate surface area is 59.1 Å². The molecule has 0 fully saturated rings. The normalized spacial score (nSPS) is 13.9. The first kappa shape index (κ1) is 8.65. The van der Waals surface area contributed by atoms with Crippen molar-refractivity contribution < 1.29 is 0 Å². The van der Waals surface area contributed by atoms with Crippen molar-refractivity contribution in [2.45, 2.75) is 13.8 Å². The molecule has 0 aromatic carbocycles. The molecule has 0 N–H and O–H groups in total. The molecule has 0 atom stereocenters. The van der Waals surface area contributed by atoms with E-state index < -0.39 is 0 Å². The summed E-state index contributed by atoms with van der Waals surface area (Å²) in [4.78, 5) is 0. The third-order valence-electron chi connectivity index (χ3n) is 0.916. The van der Waals surface area contributed by atoms with Gasteiger partial charge < -0.3 is 0 Å². The summed E-state index contributed by atoms with van der Waals surface area (Å²) >= 11 is 0. The molecule has 0 aliphatic heterocycles. The van der Waals surface area contributed by atoms with E-state index in [0.717, 1.165) is 0 Å². The molecule has 0 bridgehead atoms. The Balaban J connectivity index is 3.84. The van der Waals surface area contributed by atoms with E-state index >= 15 is 0 Å². The van der Waals surface area contributed by atoms with Crippen molar-refractivity contribution >= 4 is 14.0 Å². The minimum Gasteiger partial charge on any atom is -0.108 e. The smallest absolute Gasteiger partial charge is 0.0223 e. The highest BCUT2D eigenvalue weighted by atomic mass is 31.1. The van der Waals surface area contributed by atoms with Gasteiger partial charge >= 0.3 is 0 Å². The van der Waals surface area contributed by atoms with Gasteiger partial charge in [0.2, 0.25) is 0 Å². The molecule has 0 aliphatic rings. The molecule has 0 rings (SSSR count). The van der Waals surface area contributed by atoms with Crippen LogP contribution in [0.15, 0.2) is 23.8 Å². The highest BCUT2D eigenvalue weighted by Gasteiger charge is 1.72. The lowest BCUT2D eigenvalue weighted by atomic mass is 10.3. The largest absolute Gasteiger partial charge is 0.108 e. The van der Waals surface area contributed by atoms with Gasteiger partial charge in [0.25, 0.3) is 0 Å². The Kier molecular flexibility index (Phi) is 5.56. The van der Waals surface area contributed by atoms with Crippen LogP contribution < -0.4 is 0 Å². The third-order valence-corrected chi connectivity index (χ3v) is 1.36. The molecule has 0 radical (unpaired) electrons. The van der Waals surface area contributed by atoms with E-state index in [2.05, 4.69) is 31.5 Å². The van der Waals surface area contributed by atoms with Gasteiger partial charge in [-0.15, -0.1) is 8.20 Å². The first-order chi connectivity index (χ1) is 4.31. The zero-order valence-electron chi connectivity index (χ0n) is 6.26. The van der Waals surface area contributed by atoms with Crippen molar-refractivity contribution in [1.82, 2.24) is 0 Å². The van der Waals surface area contributed by atoms with Crippen LogP contribution in [0.1, 0.15) is 13.8 Å². The number of hydrogen-bond donors (Lipinski definition) is 0. The van der Waals surface area contributed by atoms with Crippen molar-refractivity contribution in [1.29, 1.82) is 0 Å². The van der Waals surface area contributed by atoms with Gasteiger partial charge in [0.05, 0.1) is 0 Å². The minimum atomic E-state index is 1.31. The van der Waals surface area contributed by atoms with Crippen LogP contribution in [0.3, 0.4) is 0 Å². The van der Waals surface area contributed by atoms with Gasteiger partial charge in [0.1, 0.15) is 0 Å². The molecule has 0 spiro atoms. The van der Waals surface area contributed by atoms with Crippen LogP contribution in [0.25, 0.3) is 0 Å². The lowest BCUT2D eigenvalue weighted by Crippen LogP contribution is -1.66. The second kappa shape index (κ2) is 5.78. The number of hydrogen-bond acceptors (Lipinski definition) is 0. The summed E-state index contributed by atoms with van der Waals surface area (Å²) in [5, 5.41) is 0. The molecular weight excluding hydrogens is 127 g/mol. The maximum absolute atomic E-state index is 2.13. The lowest BCUT2D eigenvalue weighted by molar-refractivity contribution is 1.52. The van der Waals surface area contributed by atoms with E-state index in [0.29, 0.717) is 0 Å². The first-order valence-electron chi connectivity index (χ1n) is 3.03. The molecule has 50 valence electrons. The van der Waals surface area contributed by atoms with E-state index in [9.17, 15) is 0 Å².